The molecule has 94 valence electrons. The minimum absolute atomic E-state index is 0.141. The third kappa shape index (κ3) is 1.95. The normalized spacial score (nSPS) is 10.8. The van der Waals surface area contributed by atoms with Gasteiger partial charge in [-0.15, -0.1) is 0 Å². The summed E-state index contributed by atoms with van der Waals surface area (Å²) in [7, 11) is 0. The molecule has 2 heterocycles. The van der Waals surface area contributed by atoms with Gasteiger partial charge in [-0.05, 0) is 24.6 Å². The van der Waals surface area contributed by atoms with Gasteiger partial charge in [0.1, 0.15) is 5.56 Å². The molecule has 0 fully saturated rings. The van der Waals surface area contributed by atoms with Gasteiger partial charge in [-0.25, -0.2) is 14.5 Å². The van der Waals surface area contributed by atoms with E-state index in [1.807, 2.05) is 31.2 Å². The molecule has 1 aromatic carbocycles. The fraction of sp³-hybridized carbons (Fsp3) is 0.0714. The summed E-state index contributed by atoms with van der Waals surface area (Å²) in [4.78, 5) is 15.8. The van der Waals surface area contributed by atoms with Crippen molar-refractivity contribution in [3.63, 3.8) is 0 Å². The van der Waals surface area contributed by atoms with Crippen LogP contribution in [0.3, 0.4) is 0 Å². The second kappa shape index (κ2) is 4.20. The first-order chi connectivity index (χ1) is 9.15. The first-order valence-corrected chi connectivity index (χ1v) is 5.80. The maximum absolute atomic E-state index is 11.4. The van der Waals surface area contributed by atoms with Gasteiger partial charge in [-0.3, -0.25) is 0 Å². The maximum Gasteiger partial charge on any atom is 0.339 e. The Bertz CT molecular complexity index is 777. The molecular formula is C14H11N3O2. The third-order valence-corrected chi connectivity index (χ3v) is 2.86. The Kier molecular flexibility index (Phi) is 2.52. The molecule has 5 heteroatoms. The SMILES string of the molecule is Cc1cnn(-c2nc3ccccc3cc2C(=O)O)c1. The summed E-state index contributed by atoms with van der Waals surface area (Å²) in [5.41, 5.74) is 1.84. The molecule has 0 aliphatic carbocycles. The number of aryl methyl sites for hydroxylation is 1. The summed E-state index contributed by atoms with van der Waals surface area (Å²) < 4.78 is 1.49. The van der Waals surface area contributed by atoms with E-state index >= 15 is 0 Å². The lowest BCUT2D eigenvalue weighted by molar-refractivity contribution is 0.0696. The van der Waals surface area contributed by atoms with Gasteiger partial charge in [-0.2, -0.15) is 5.10 Å². The number of fused-ring (bicyclic) bond motifs is 1. The second-order valence-corrected chi connectivity index (χ2v) is 4.32. The smallest absolute Gasteiger partial charge is 0.339 e. The number of para-hydroxylation sites is 1. The monoisotopic (exact) mass is 253 g/mol. The van der Waals surface area contributed by atoms with Crippen molar-refractivity contribution in [3.8, 4) is 5.82 Å². The molecule has 1 N–H and O–H groups in total. The lowest BCUT2D eigenvalue weighted by atomic mass is 10.1. The van der Waals surface area contributed by atoms with Crippen LogP contribution >= 0.6 is 0 Å². The zero-order chi connectivity index (χ0) is 13.4. The fourth-order valence-corrected chi connectivity index (χ4v) is 1.97. The highest BCUT2D eigenvalue weighted by atomic mass is 16.4. The zero-order valence-electron chi connectivity index (χ0n) is 10.2. The molecule has 3 rings (SSSR count). The number of benzene rings is 1. The number of carbonyl (C=O) groups is 1. The van der Waals surface area contributed by atoms with Gasteiger partial charge in [0.15, 0.2) is 5.82 Å². The first-order valence-electron chi connectivity index (χ1n) is 5.80. The molecule has 0 aliphatic rings. The van der Waals surface area contributed by atoms with E-state index in [1.165, 1.54) is 4.68 Å². The van der Waals surface area contributed by atoms with Crippen molar-refractivity contribution in [2.45, 2.75) is 6.92 Å². The fourth-order valence-electron chi connectivity index (χ4n) is 1.97. The van der Waals surface area contributed by atoms with Crippen LogP contribution in [0.4, 0.5) is 0 Å². The molecule has 0 spiro atoms. The summed E-state index contributed by atoms with van der Waals surface area (Å²) in [6.07, 6.45) is 3.42. The van der Waals surface area contributed by atoms with E-state index in [0.29, 0.717) is 5.82 Å². The highest BCUT2D eigenvalue weighted by Gasteiger charge is 2.15. The summed E-state index contributed by atoms with van der Waals surface area (Å²) in [5.74, 6) is -0.680. The highest BCUT2D eigenvalue weighted by Crippen LogP contribution is 2.19. The molecule has 0 saturated carbocycles. The number of aromatic carboxylic acids is 1. The van der Waals surface area contributed by atoms with Gasteiger partial charge < -0.3 is 5.11 Å². The van der Waals surface area contributed by atoms with Crippen LogP contribution in [0.25, 0.3) is 16.7 Å². The minimum atomic E-state index is -1.01. The van der Waals surface area contributed by atoms with E-state index in [4.69, 9.17) is 0 Å². The van der Waals surface area contributed by atoms with Crippen LogP contribution in [0.5, 0.6) is 0 Å². The number of carboxylic acid groups (broad SMARTS) is 1. The third-order valence-electron chi connectivity index (χ3n) is 2.86. The molecular weight excluding hydrogens is 242 g/mol. The number of nitrogens with zero attached hydrogens (tertiary/aromatic N) is 3. The average molecular weight is 253 g/mol. The average Bonchev–Trinajstić information content (AvgIpc) is 2.83. The van der Waals surface area contributed by atoms with Crippen LogP contribution in [0.1, 0.15) is 15.9 Å². The first kappa shape index (κ1) is 11.4. The molecule has 0 aliphatic heterocycles. The van der Waals surface area contributed by atoms with Crippen molar-refractivity contribution in [2.24, 2.45) is 0 Å². The van der Waals surface area contributed by atoms with Crippen molar-refractivity contribution in [1.82, 2.24) is 14.8 Å². The Labute approximate surface area is 109 Å². The van der Waals surface area contributed by atoms with Gasteiger partial charge in [0.2, 0.25) is 0 Å². The number of hydrogen-bond acceptors (Lipinski definition) is 3. The van der Waals surface area contributed by atoms with Gasteiger partial charge in [0.05, 0.1) is 11.7 Å². The minimum Gasteiger partial charge on any atom is -0.478 e. The number of aromatic nitrogens is 3. The van der Waals surface area contributed by atoms with Crippen LogP contribution in [0.15, 0.2) is 42.7 Å². The largest absolute Gasteiger partial charge is 0.478 e. The molecule has 2 aromatic heterocycles. The van der Waals surface area contributed by atoms with Gasteiger partial charge in [0.25, 0.3) is 0 Å². The standard InChI is InChI=1S/C14H11N3O2/c1-9-7-15-17(8-9)13-11(14(18)19)6-10-4-2-3-5-12(10)16-13/h2-8H,1H3,(H,18,19). The highest BCUT2D eigenvalue weighted by molar-refractivity contribution is 5.96. The lowest BCUT2D eigenvalue weighted by Crippen LogP contribution is -2.08. The van der Waals surface area contributed by atoms with Crippen molar-refractivity contribution in [3.05, 3.63) is 53.9 Å². The summed E-state index contributed by atoms with van der Waals surface area (Å²) in [5, 5.41) is 14.2. The van der Waals surface area contributed by atoms with E-state index < -0.39 is 5.97 Å². The summed E-state index contributed by atoms with van der Waals surface area (Å²) in [6, 6.07) is 9.03. The van der Waals surface area contributed by atoms with E-state index in [9.17, 15) is 9.90 Å². The quantitative estimate of drug-likeness (QED) is 0.761. The molecule has 3 aromatic rings. The van der Waals surface area contributed by atoms with Crippen molar-refractivity contribution in [2.75, 3.05) is 0 Å². The Morgan fingerprint density at radius 1 is 1.32 bits per heavy atom. The topological polar surface area (TPSA) is 68.0 Å². The van der Waals surface area contributed by atoms with Crippen LogP contribution in [0, 0.1) is 6.92 Å². The molecule has 0 radical (unpaired) electrons. The van der Waals surface area contributed by atoms with E-state index in [0.717, 1.165) is 16.5 Å². The number of rotatable bonds is 2. The predicted molar refractivity (Wildman–Crippen MR) is 70.6 cm³/mol. The molecule has 0 atom stereocenters. The molecule has 0 saturated heterocycles. The van der Waals surface area contributed by atoms with Gasteiger partial charge in [0, 0.05) is 11.6 Å². The number of carboxylic acids is 1. The molecule has 19 heavy (non-hydrogen) atoms. The van der Waals surface area contributed by atoms with Crippen LogP contribution in [-0.2, 0) is 0 Å². The van der Waals surface area contributed by atoms with E-state index in [-0.39, 0.29) is 5.56 Å². The maximum atomic E-state index is 11.4. The van der Waals surface area contributed by atoms with Crippen molar-refractivity contribution in [1.29, 1.82) is 0 Å². The van der Waals surface area contributed by atoms with Crippen LogP contribution in [-0.4, -0.2) is 25.8 Å². The number of hydrogen-bond donors (Lipinski definition) is 1. The molecule has 0 amide bonds. The Balaban J connectivity index is 2.32. The van der Waals surface area contributed by atoms with Crippen molar-refractivity contribution < 1.29 is 9.90 Å². The van der Waals surface area contributed by atoms with E-state index in [2.05, 4.69) is 10.1 Å². The van der Waals surface area contributed by atoms with Gasteiger partial charge >= 0.3 is 5.97 Å². The number of pyridine rings is 1. The van der Waals surface area contributed by atoms with Crippen molar-refractivity contribution >= 4 is 16.9 Å². The van der Waals surface area contributed by atoms with Gasteiger partial charge in [-0.1, -0.05) is 18.2 Å². The van der Waals surface area contributed by atoms with Crippen LogP contribution < -0.4 is 0 Å². The Morgan fingerprint density at radius 2 is 2.11 bits per heavy atom. The molecule has 0 bridgehead atoms. The molecule has 0 unspecified atom stereocenters. The summed E-state index contributed by atoms with van der Waals surface area (Å²) >= 11 is 0. The predicted octanol–water partition coefficient (Wildman–Crippen LogP) is 2.43. The summed E-state index contributed by atoms with van der Waals surface area (Å²) in [6.45, 7) is 1.89. The second-order valence-electron chi connectivity index (χ2n) is 4.32. The Morgan fingerprint density at radius 3 is 2.79 bits per heavy atom. The van der Waals surface area contributed by atoms with Crippen LogP contribution in [0.2, 0.25) is 0 Å². The van der Waals surface area contributed by atoms with E-state index in [1.54, 1.807) is 18.5 Å². The zero-order valence-corrected chi connectivity index (χ0v) is 10.2. The Hall–Kier alpha value is -2.69. The lowest BCUT2D eigenvalue weighted by Gasteiger charge is -2.07. The molecule has 5 nitrogen and oxygen atoms in total.